The van der Waals surface area contributed by atoms with Crippen LogP contribution in [0.1, 0.15) is 18.1 Å². The summed E-state index contributed by atoms with van der Waals surface area (Å²) < 4.78 is 0. The van der Waals surface area contributed by atoms with Gasteiger partial charge in [-0.3, -0.25) is 10.1 Å². The van der Waals surface area contributed by atoms with Crippen molar-refractivity contribution in [2.45, 2.75) is 18.6 Å². The molecule has 0 saturated carbocycles. The molecule has 2 atom stereocenters. The van der Waals surface area contributed by atoms with Crippen molar-refractivity contribution in [1.29, 1.82) is 0 Å². The van der Waals surface area contributed by atoms with E-state index in [1.165, 1.54) is 0 Å². The van der Waals surface area contributed by atoms with Crippen LogP contribution in [0.25, 0.3) is 0 Å². The SMILES string of the molecule is NCCC(O)C(O)c1cc([N+](=O)[O-])cnc1N. The molecule has 0 aliphatic rings. The van der Waals surface area contributed by atoms with E-state index in [1.54, 1.807) is 0 Å². The van der Waals surface area contributed by atoms with E-state index in [2.05, 4.69) is 4.98 Å². The lowest BCUT2D eigenvalue weighted by Crippen LogP contribution is -2.23. The van der Waals surface area contributed by atoms with Crippen LogP contribution in [0.5, 0.6) is 0 Å². The van der Waals surface area contributed by atoms with Crippen LogP contribution in [-0.4, -0.2) is 32.8 Å². The van der Waals surface area contributed by atoms with Crippen LogP contribution in [-0.2, 0) is 0 Å². The van der Waals surface area contributed by atoms with Gasteiger partial charge >= 0.3 is 0 Å². The van der Waals surface area contributed by atoms with Gasteiger partial charge in [0, 0.05) is 11.6 Å². The van der Waals surface area contributed by atoms with E-state index in [0.29, 0.717) is 0 Å². The third-order valence-corrected chi connectivity index (χ3v) is 2.29. The lowest BCUT2D eigenvalue weighted by molar-refractivity contribution is -0.385. The van der Waals surface area contributed by atoms with Gasteiger partial charge in [-0.25, -0.2) is 4.98 Å². The molecule has 1 aromatic heterocycles. The van der Waals surface area contributed by atoms with E-state index >= 15 is 0 Å². The molecule has 0 bridgehead atoms. The second-order valence-electron chi connectivity index (χ2n) is 3.51. The first-order chi connectivity index (χ1) is 7.97. The molecule has 8 heteroatoms. The molecule has 0 saturated heterocycles. The first kappa shape index (κ1) is 13.3. The maximum Gasteiger partial charge on any atom is 0.288 e. The average molecular weight is 242 g/mol. The van der Waals surface area contributed by atoms with Crippen molar-refractivity contribution in [2.24, 2.45) is 5.73 Å². The quantitative estimate of drug-likeness (QED) is 0.394. The van der Waals surface area contributed by atoms with Crippen LogP contribution in [0.4, 0.5) is 11.5 Å². The second kappa shape index (κ2) is 5.53. The van der Waals surface area contributed by atoms with Crippen molar-refractivity contribution in [1.82, 2.24) is 4.98 Å². The summed E-state index contributed by atoms with van der Waals surface area (Å²) in [6.45, 7) is 0.181. The van der Waals surface area contributed by atoms with Crippen molar-refractivity contribution in [3.63, 3.8) is 0 Å². The smallest absolute Gasteiger partial charge is 0.288 e. The number of pyridine rings is 1. The predicted molar refractivity (Wildman–Crippen MR) is 59.9 cm³/mol. The highest BCUT2D eigenvalue weighted by molar-refractivity contribution is 5.47. The first-order valence-corrected chi connectivity index (χ1v) is 4.93. The van der Waals surface area contributed by atoms with E-state index in [4.69, 9.17) is 11.5 Å². The van der Waals surface area contributed by atoms with Gasteiger partial charge in [-0.2, -0.15) is 0 Å². The molecule has 8 nitrogen and oxygen atoms in total. The average Bonchev–Trinajstić information content (AvgIpc) is 2.28. The Kier molecular flexibility index (Phi) is 4.32. The molecule has 0 aliphatic carbocycles. The lowest BCUT2D eigenvalue weighted by atomic mass is 10.0. The van der Waals surface area contributed by atoms with E-state index in [-0.39, 0.29) is 30.0 Å². The van der Waals surface area contributed by atoms with Crippen molar-refractivity contribution < 1.29 is 15.1 Å². The van der Waals surface area contributed by atoms with E-state index in [0.717, 1.165) is 12.3 Å². The number of aromatic nitrogens is 1. The van der Waals surface area contributed by atoms with E-state index in [1.807, 2.05) is 0 Å². The van der Waals surface area contributed by atoms with Crippen molar-refractivity contribution >= 4 is 11.5 Å². The number of hydrogen-bond acceptors (Lipinski definition) is 7. The topological polar surface area (TPSA) is 149 Å². The minimum atomic E-state index is -1.34. The van der Waals surface area contributed by atoms with Gasteiger partial charge in [0.15, 0.2) is 0 Å². The summed E-state index contributed by atoms with van der Waals surface area (Å²) in [5.41, 5.74) is 10.5. The normalized spacial score (nSPS) is 14.3. The summed E-state index contributed by atoms with van der Waals surface area (Å²) in [6, 6.07) is 1.09. The lowest BCUT2D eigenvalue weighted by Gasteiger charge is -2.18. The number of rotatable bonds is 5. The van der Waals surface area contributed by atoms with Crippen molar-refractivity contribution in [3.05, 3.63) is 27.9 Å². The molecule has 0 aromatic carbocycles. The van der Waals surface area contributed by atoms with Crippen LogP contribution in [0.2, 0.25) is 0 Å². The Morgan fingerprint density at radius 1 is 1.53 bits per heavy atom. The van der Waals surface area contributed by atoms with Crippen molar-refractivity contribution in [3.8, 4) is 0 Å². The molecular weight excluding hydrogens is 228 g/mol. The molecular formula is C9H14N4O4. The number of anilines is 1. The molecule has 1 rings (SSSR count). The minimum absolute atomic E-state index is 0.0279. The fourth-order valence-electron chi connectivity index (χ4n) is 1.35. The van der Waals surface area contributed by atoms with Crippen LogP contribution in [0.15, 0.2) is 12.3 Å². The molecule has 94 valence electrons. The fourth-order valence-corrected chi connectivity index (χ4v) is 1.35. The molecule has 0 aliphatic heterocycles. The minimum Gasteiger partial charge on any atom is -0.390 e. The summed E-state index contributed by atoms with van der Waals surface area (Å²) in [4.78, 5) is 13.5. The Labute approximate surface area is 97.0 Å². The monoisotopic (exact) mass is 242 g/mol. The molecule has 0 fully saturated rings. The summed E-state index contributed by atoms with van der Waals surface area (Å²) in [7, 11) is 0. The zero-order chi connectivity index (χ0) is 13.0. The Balaban J connectivity index is 3.03. The maximum absolute atomic E-state index is 10.5. The number of nitro groups is 1. The Morgan fingerprint density at radius 2 is 2.18 bits per heavy atom. The molecule has 2 unspecified atom stereocenters. The fraction of sp³-hybridized carbons (Fsp3) is 0.444. The van der Waals surface area contributed by atoms with Gasteiger partial charge in [0.2, 0.25) is 0 Å². The summed E-state index contributed by atoms with van der Waals surface area (Å²) >= 11 is 0. The molecule has 0 amide bonds. The van der Waals surface area contributed by atoms with Gasteiger partial charge < -0.3 is 21.7 Å². The number of nitrogens with two attached hydrogens (primary N) is 2. The summed E-state index contributed by atoms with van der Waals surface area (Å²) in [5.74, 6) is -0.0563. The highest BCUT2D eigenvalue weighted by Crippen LogP contribution is 2.26. The van der Waals surface area contributed by atoms with Gasteiger partial charge in [-0.1, -0.05) is 0 Å². The van der Waals surface area contributed by atoms with Gasteiger partial charge in [-0.05, 0) is 13.0 Å². The third kappa shape index (κ3) is 3.09. The predicted octanol–water partition coefficient (Wildman–Crippen LogP) is -0.685. The third-order valence-electron chi connectivity index (χ3n) is 2.29. The molecule has 0 radical (unpaired) electrons. The summed E-state index contributed by atoms with van der Waals surface area (Å²) in [5, 5.41) is 29.8. The number of nitrogens with zero attached hydrogens (tertiary/aromatic N) is 2. The second-order valence-corrected chi connectivity index (χ2v) is 3.51. The molecule has 0 spiro atoms. The maximum atomic E-state index is 10.5. The van der Waals surface area contributed by atoms with Crippen LogP contribution in [0.3, 0.4) is 0 Å². The highest BCUT2D eigenvalue weighted by atomic mass is 16.6. The Morgan fingerprint density at radius 3 is 2.71 bits per heavy atom. The van der Waals surface area contributed by atoms with Gasteiger partial charge in [0.1, 0.15) is 18.1 Å². The molecule has 6 N–H and O–H groups in total. The molecule has 1 heterocycles. The van der Waals surface area contributed by atoms with E-state index < -0.39 is 17.1 Å². The first-order valence-electron chi connectivity index (χ1n) is 4.93. The van der Waals surface area contributed by atoms with E-state index in [9.17, 15) is 20.3 Å². The summed E-state index contributed by atoms with van der Waals surface area (Å²) in [6.07, 6.45) is -1.33. The number of nitrogen functional groups attached to an aromatic ring is 1. The van der Waals surface area contributed by atoms with Crippen LogP contribution in [0, 0.1) is 10.1 Å². The van der Waals surface area contributed by atoms with Crippen LogP contribution < -0.4 is 11.5 Å². The number of hydrogen-bond donors (Lipinski definition) is 4. The molecule has 1 aromatic rings. The zero-order valence-electron chi connectivity index (χ0n) is 8.98. The standard InChI is InChI=1S/C9H14N4O4/c10-2-1-7(14)8(15)6-3-5(13(16)17)4-12-9(6)11/h3-4,7-8,14-15H,1-2,10H2,(H2,11,12). The van der Waals surface area contributed by atoms with Crippen LogP contribution >= 0.6 is 0 Å². The largest absolute Gasteiger partial charge is 0.390 e. The van der Waals surface area contributed by atoms with Crippen molar-refractivity contribution in [2.75, 3.05) is 12.3 Å². The Hall–Kier alpha value is -1.77. The van der Waals surface area contributed by atoms with Gasteiger partial charge in [-0.15, -0.1) is 0 Å². The molecule has 17 heavy (non-hydrogen) atoms. The van der Waals surface area contributed by atoms with Gasteiger partial charge in [0.25, 0.3) is 5.69 Å². The highest BCUT2D eigenvalue weighted by Gasteiger charge is 2.23. The number of aliphatic hydroxyl groups excluding tert-OH is 2. The Bertz CT molecular complexity index is 412. The number of aliphatic hydroxyl groups is 2. The zero-order valence-corrected chi connectivity index (χ0v) is 8.98. The van der Waals surface area contributed by atoms with Gasteiger partial charge in [0.05, 0.1) is 11.0 Å².